The monoisotopic (exact) mass is 451 g/mol. The van der Waals surface area contributed by atoms with E-state index in [1.54, 1.807) is 0 Å². The van der Waals surface area contributed by atoms with Crippen LogP contribution in [0.15, 0.2) is 12.2 Å². The first-order valence-corrected chi connectivity index (χ1v) is 9.98. The van der Waals surface area contributed by atoms with Crippen LogP contribution in [0.25, 0.3) is 0 Å². The van der Waals surface area contributed by atoms with E-state index >= 15 is 0 Å². The van der Waals surface area contributed by atoms with Crippen LogP contribution in [0.5, 0.6) is 0 Å². The smallest absolute Gasteiger partial charge is 0.313 e. The quantitative estimate of drug-likeness (QED) is 0.162. The number of hydrogen-bond acceptors (Lipinski definition) is 1. The zero-order valence-electron chi connectivity index (χ0n) is 16.8. The van der Waals surface area contributed by atoms with Gasteiger partial charge in [0.2, 0.25) is 0 Å². The Hall–Kier alpha value is 0.1000. The lowest BCUT2D eigenvalue weighted by atomic mass is 10.1. The Bertz CT molecular complexity index is 307. The molecule has 0 aromatic carbocycles. The fourth-order valence-electron chi connectivity index (χ4n) is 2.68. The molecule has 0 atom stereocenters. The molecule has 144 valence electrons. The van der Waals surface area contributed by atoms with Crippen LogP contribution in [0.1, 0.15) is 96.8 Å². The van der Waals surface area contributed by atoms with Gasteiger partial charge in [-0.2, -0.15) is 0 Å². The summed E-state index contributed by atoms with van der Waals surface area (Å²) in [6, 6.07) is 0. The summed E-state index contributed by atoms with van der Waals surface area (Å²) in [7, 11) is 5.87. The van der Waals surface area contributed by atoms with E-state index in [1.807, 2.05) is 21.1 Å². The van der Waals surface area contributed by atoms with Gasteiger partial charge in [0.05, 0.1) is 27.6 Å². The SMILES string of the molecule is CCCCCCCCC=CCCCCCCCC(=O)[N+](C)(C)C.[I-]. The van der Waals surface area contributed by atoms with E-state index in [-0.39, 0.29) is 24.0 Å². The molecule has 0 aromatic heterocycles. The van der Waals surface area contributed by atoms with Crippen molar-refractivity contribution in [2.45, 2.75) is 96.8 Å². The third kappa shape index (κ3) is 18.4. The van der Waals surface area contributed by atoms with Crippen molar-refractivity contribution >= 4 is 5.91 Å². The molecule has 0 spiro atoms. The first-order chi connectivity index (χ1) is 11.0. The summed E-state index contributed by atoms with van der Waals surface area (Å²) < 4.78 is 0.462. The second-order valence-electron chi connectivity index (χ2n) is 7.74. The standard InChI is InChI=1S/C21H42NO.HI/c1-5-6-7-8-9-10-11-12-13-14-15-16-17-18-19-20-21(23)22(2,3)4;/h12-13H,5-11,14-20H2,1-4H3;1H/q+1;/p-1. The molecular weight excluding hydrogens is 409 g/mol. The highest BCUT2D eigenvalue weighted by molar-refractivity contribution is 5.68. The zero-order valence-corrected chi connectivity index (χ0v) is 18.9. The minimum Gasteiger partial charge on any atom is -1.00 e. The van der Waals surface area contributed by atoms with E-state index in [0.717, 1.165) is 12.8 Å². The van der Waals surface area contributed by atoms with E-state index in [4.69, 9.17) is 0 Å². The summed E-state index contributed by atoms with van der Waals surface area (Å²) in [6.45, 7) is 2.27. The maximum absolute atomic E-state index is 11.8. The molecule has 0 fully saturated rings. The second kappa shape index (κ2) is 17.9. The lowest BCUT2D eigenvalue weighted by molar-refractivity contribution is -0.792. The molecule has 2 nitrogen and oxygen atoms in total. The number of amides is 1. The number of quaternary nitrogens is 1. The van der Waals surface area contributed by atoms with Crippen LogP contribution in [0.4, 0.5) is 0 Å². The number of halogens is 1. The van der Waals surface area contributed by atoms with Crippen molar-refractivity contribution in [2.24, 2.45) is 0 Å². The largest absolute Gasteiger partial charge is 1.00 e. The number of rotatable bonds is 15. The predicted octanol–water partition coefficient (Wildman–Crippen LogP) is 3.26. The van der Waals surface area contributed by atoms with Crippen LogP contribution in [0.3, 0.4) is 0 Å². The van der Waals surface area contributed by atoms with Gasteiger partial charge in [-0.25, -0.2) is 4.79 Å². The molecule has 0 bridgehead atoms. The van der Waals surface area contributed by atoms with Crippen molar-refractivity contribution in [1.29, 1.82) is 0 Å². The number of carbonyl (C=O) groups is 1. The average molecular weight is 451 g/mol. The number of unbranched alkanes of at least 4 members (excludes halogenated alkanes) is 11. The van der Waals surface area contributed by atoms with Crippen molar-refractivity contribution in [1.82, 2.24) is 0 Å². The molecule has 0 saturated carbocycles. The fourth-order valence-corrected chi connectivity index (χ4v) is 2.68. The molecule has 3 heteroatoms. The van der Waals surface area contributed by atoms with Gasteiger partial charge in [0.25, 0.3) is 0 Å². The highest BCUT2D eigenvalue weighted by Crippen LogP contribution is 2.11. The highest BCUT2D eigenvalue weighted by atomic mass is 127. The van der Waals surface area contributed by atoms with Crippen molar-refractivity contribution in [3.05, 3.63) is 12.2 Å². The maximum Gasteiger partial charge on any atom is 0.313 e. The van der Waals surface area contributed by atoms with Crippen LogP contribution in [-0.2, 0) is 4.79 Å². The molecule has 0 N–H and O–H groups in total. The molecule has 0 radical (unpaired) electrons. The Labute approximate surface area is 169 Å². The molecule has 0 heterocycles. The van der Waals surface area contributed by atoms with E-state index in [9.17, 15) is 4.79 Å². The highest BCUT2D eigenvalue weighted by Gasteiger charge is 2.18. The first kappa shape index (κ1) is 26.3. The third-order valence-corrected chi connectivity index (χ3v) is 4.40. The molecule has 0 aliphatic rings. The van der Waals surface area contributed by atoms with Crippen molar-refractivity contribution in [3.63, 3.8) is 0 Å². The Morgan fingerprint density at radius 2 is 1.12 bits per heavy atom. The van der Waals surface area contributed by atoms with Crippen molar-refractivity contribution in [2.75, 3.05) is 21.1 Å². The first-order valence-electron chi connectivity index (χ1n) is 9.98. The number of carbonyl (C=O) groups excluding carboxylic acids is 1. The zero-order chi connectivity index (χ0) is 17.4. The van der Waals surface area contributed by atoms with Gasteiger partial charge in [-0.05, 0) is 32.1 Å². The molecule has 0 aromatic rings. The summed E-state index contributed by atoms with van der Waals surface area (Å²) in [4.78, 5) is 11.8. The van der Waals surface area contributed by atoms with Crippen LogP contribution in [-0.4, -0.2) is 31.5 Å². The maximum atomic E-state index is 11.8. The van der Waals surface area contributed by atoms with Gasteiger partial charge in [-0.15, -0.1) is 0 Å². The molecule has 1 amide bonds. The Morgan fingerprint density at radius 1 is 0.708 bits per heavy atom. The molecule has 0 saturated heterocycles. The Balaban J connectivity index is 0. The third-order valence-electron chi connectivity index (χ3n) is 4.40. The van der Waals surface area contributed by atoms with Crippen LogP contribution < -0.4 is 24.0 Å². The fraction of sp³-hybridized carbons (Fsp3) is 0.857. The summed E-state index contributed by atoms with van der Waals surface area (Å²) in [5.41, 5.74) is 0. The number of hydrogen-bond donors (Lipinski definition) is 0. The van der Waals surface area contributed by atoms with Crippen LogP contribution in [0.2, 0.25) is 0 Å². The molecular formula is C21H42INO. The summed E-state index contributed by atoms with van der Waals surface area (Å²) >= 11 is 0. The summed E-state index contributed by atoms with van der Waals surface area (Å²) in [5.74, 6) is 0.350. The predicted molar refractivity (Wildman–Crippen MR) is 102 cm³/mol. The molecule has 0 aliphatic heterocycles. The second-order valence-corrected chi connectivity index (χ2v) is 7.74. The normalized spacial score (nSPS) is 11.7. The van der Waals surface area contributed by atoms with Crippen LogP contribution >= 0.6 is 0 Å². The molecule has 0 unspecified atom stereocenters. The van der Waals surface area contributed by atoms with E-state index in [2.05, 4.69) is 19.1 Å². The molecule has 0 rings (SSSR count). The van der Waals surface area contributed by atoms with Gasteiger partial charge in [0.15, 0.2) is 0 Å². The minimum absolute atomic E-state index is 0. The Kier molecular flexibility index (Phi) is 19.6. The molecule has 0 aliphatic carbocycles. The van der Waals surface area contributed by atoms with Gasteiger partial charge >= 0.3 is 5.91 Å². The summed E-state index contributed by atoms with van der Waals surface area (Å²) in [6.07, 6.45) is 22.4. The minimum atomic E-state index is 0. The van der Waals surface area contributed by atoms with Gasteiger partial charge in [-0.1, -0.05) is 70.4 Å². The van der Waals surface area contributed by atoms with Gasteiger partial charge in [-0.3, -0.25) is 4.48 Å². The van der Waals surface area contributed by atoms with Crippen LogP contribution in [0, 0.1) is 0 Å². The van der Waals surface area contributed by atoms with E-state index < -0.39 is 0 Å². The van der Waals surface area contributed by atoms with Crippen molar-refractivity contribution < 1.29 is 33.3 Å². The van der Waals surface area contributed by atoms with Gasteiger partial charge in [0, 0.05) is 0 Å². The van der Waals surface area contributed by atoms with E-state index in [0.29, 0.717) is 10.4 Å². The van der Waals surface area contributed by atoms with Gasteiger partial charge < -0.3 is 24.0 Å². The Morgan fingerprint density at radius 3 is 1.58 bits per heavy atom. The lowest BCUT2D eigenvalue weighted by Crippen LogP contribution is -3.00. The number of allylic oxidation sites excluding steroid dienone is 2. The lowest BCUT2D eigenvalue weighted by Gasteiger charge is -2.20. The topological polar surface area (TPSA) is 17.1 Å². The van der Waals surface area contributed by atoms with Gasteiger partial charge in [0.1, 0.15) is 0 Å². The number of nitrogens with zero attached hydrogens (tertiary/aromatic N) is 1. The average Bonchev–Trinajstić information content (AvgIpc) is 2.50. The van der Waals surface area contributed by atoms with Crippen molar-refractivity contribution in [3.8, 4) is 0 Å². The molecule has 24 heavy (non-hydrogen) atoms. The van der Waals surface area contributed by atoms with E-state index in [1.165, 1.54) is 77.0 Å². The summed E-state index contributed by atoms with van der Waals surface area (Å²) in [5, 5.41) is 0.